The van der Waals surface area contributed by atoms with Gasteiger partial charge in [-0.3, -0.25) is 9.78 Å². The van der Waals surface area contributed by atoms with Crippen molar-refractivity contribution >= 4 is 51.4 Å². The third kappa shape index (κ3) is 3.92. The average molecular weight is 346 g/mol. The lowest BCUT2D eigenvalue weighted by Crippen LogP contribution is -2.22. The van der Waals surface area contributed by atoms with E-state index in [1.807, 2.05) is 30.3 Å². The predicted octanol–water partition coefficient (Wildman–Crippen LogP) is 4.59. The molecule has 0 saturated carbocycles. The molecule has 0 aliphatic heterocycles. The van der Waals surface area contributed by atoms with Gasteiger partial charge in [0.15, 0.2) is 0 Å². The molecule has 3 aromatic rings. The number of carbonyl (C=O) groups excluding carboxylic acids is 1. The molecule has 23 heavy (non-hydrogen) atoms. The van der Waals surface area contributed by atoms with Crippen LogP contribution in [0.15, 0.2) is 54.7 Å². The van der Waals surface area contributed by atoms with Crippen LogP contribution in [0.5, 0.6) is 0 Å². The number of rotatable bonds is 4. The Morgan fingerprint density at radius 3 is 2.57 bits per heavy atom. The maximum Gasteiger partial charge on any atom is 0.243 e. The number of benzene rings is 2. The van der Waals surface area contributed by atoms with Crippen molar-refractivity contribution < 1.29 is 4.79 Å². The van der Waals surface area contributed by atoms with Crippen molar-refractivity contribution in [2.45, 2.75) is 0 Å². The molecule has 3 rings (SSSR count). The van der Waals surface area contributed by atoms with Gasteiger partial charge in [0.05, 0.1) is 17.7 Å². The number of nitrogens with zero attached hydrogens (tertiary/aromatic N) is 1. The lowest BCUT2D eigenvalue weighted by molar-refractivity contribution is -0.114. The molecule has 1 aromatic heterocycles. The zero-order valence-electron chi connectivity index (χ0n) is 12.0. The number of carbonyl (C=O) groups is 1. The highest BCUT2D eigenvalue weighted by atomic mass is 35.5. The number of anilines is 2. The minimum atomic E-state index is -0.181. The summed E-state index contributed by atoms with van der Waals surface area (Å²) in [5.41, 5.74) is 2.13. The van der Waals surface area contributed by atoms with Crippen LogP contribution in [0.3, 0.4) is 0 Å². The standard InChI is InChI=1S/C17H13Cl2N3O/c18-12-7-13(19)9-14(8-12)21-10-16(23)22-15-5-1-3-11-4-2-6-20-17(11)15/h1-9,21H,10H2,(H,22,23). The number of hydrogen-bond acceptors (Lipinski definition) is 3. The Balaban J connectivity index is 1.69. The molecule has 0 saturated heterocycles. The van der Waals surface area contributed by atoms with Crippen molar-refractivity contribution in [2.75, 3.05) is 17.2 Å². The van der Waals surface area contributed by atoms with Gasteiger partial charge in [-0.05, 0) is 30.3 Å². The van der Waals surface area contributed by atoms with Crippen LogP contribution in [0.2, 0.25) is 10.0 Å². The quantitative estimate of drug-likeness (QED) is 0.726. The van der Waals surface area contributed by atoms with Crippen molar-refractivity contribution in [1.82, 2.24) is 4.98 Å². The number of nitrogens with one attached hydrogen (secondary N) is 2. The van der Waals surface area contributed by atoms with Crippen molar-refractivity contribution in [3.8, 4) is 0 Å². The number of pyridine rings is 1. The van der Waals surface area contributed by atoms with E-state index in [1.54, 1.807) is 24.4 Å². The predicted molar refractivity (Wildman–Crippen MR) is 95.3 cm³/mol. The number of para-hydroxylation sites is 1. The molecule has 6 heteroatoms. The van der Waals surface area contributed by atoms with Gasteiger partial charge in [-0.15, -0.1) is 0 Å². The Bertz CT molecular complexity index is 842. The first-order chi connectivity index (χ1) is 11.1. The third-order valence-electron chi connectivity index (χ3n) is 3.22. The summed E-state index contributed by atoms with van der Waals surface area (Å²) in [7, 11) is 0. The van der Waals surface area contributed by atoms with E-state index in [4.69, 9.17) is 23.2 Å². The van der Waals surface area contributed by atoms with Gasteiger partial charge < -0.3 is 10.6 Å². The number of amides is 1. The maximum absolute atomic E-state index is 12.1. The zero-order valence-corrected chi connectivity index (χ0v) is 13.5. The van der Waals surface area contributed by atoms with Crippen molar-refractivity contribution in [3.05, 3.63) is 64.8 Å². The van der Waals surface area contributed by atoms with Gasteiger partial charge in [-0.1, -0.05) is 41.4 Å². The Morgan fingerprint density at radius 1 is 1.04 bits per heavy atom. The molecule has 4 nitrogen and oxygen atoms in total. The van der Waals surface area contributed by atoms with Crippen LogP contribution in [-0.2, 0) is 4.79 Å². The highest BCUT2D eigenvalue weighted by molar-refractivity contribution is 6.35. The fourth-order valence-electron chi connectivity index (χ4n) is 2.24. The summed E-state index contributed by atoms with van der Waals surface area (Å²) in [6.45, 7) is 0.0971. The molecule has 1 amide bonds. The average Bonchev–Trinajstić information content (AvgIpc) is 2.52. The van der Waals surface area contributed by atoms with E-state index < -0.39 is 0 Å². The maximum atomic E-state index is 12.1. The van der Waals surface area contributed by atoms with Gasteiger partial charge in [0, 0.05) is 27.3 Å². The Hall–Kier alpha value is -2.30. The summed E-state index contributed by atoms with van der Waals surface area (Å²) in [6, 6.07) is 14.5. The molecule has 1 heterocycles. The van der Waals surface area contributed by atoms with E-state index in [9.17, 15) is 4.79 Å². The lowest BCUT2D eigenvalue weighted by Gasteiger charge is -2.10. The molecule has 0 unspecified atom stereocenters. The van der Waals surface area contributed by atoms with Crippen LogP contribution < -0.4 is 10.6 Å². The molecule has 0 bridgehead atoms. The van der Waals surface area contributed by atoms with E-state index in [1.165, 1.54) is 0 Å². The van der Waals surface area contributed by atoms with Crippen molar-refractivity contribution in [3.63, 3.8) is 0 Å². The van der Waals surface area contributed by atoms with Gasteiger partial charge in [-0.2, -0.15) is 0 Å². The summed E-state index contributed by atoms with van der Waals surface area (Å²) in [5.74, 6) is -0.181. The molecule has 0 spiro atoms. The number of fused-ring (bicyclic) bond motifs is 1. The van der Waals surface area contributed by atoms with Gasteiger partial charge in [0.25, 0.3) is 0 Å². The monoisotopic (exact) mass is 345 g/mol. The molecule has 0 aliphatic rings. The SMILES string of the molecule is O=C(CNc1cc(Cl)cc(Cl)c1)Nc1cccc2cccnc12. The Morgan fingerprint density at radius 2 is 1.78 bits per heavy atom. The normalized spacial score (nSPS) is 10.5. The molecule has 116 valence electrons. The van der Waals surface area contributed by atoms with E-state index >= 15 is 0 Å². The first-order valence-electron chi connectivity index (χ1n) is 6.95. The second kappa shape index (κ2) is 6.86. The minimum absolute atomic E-state index is 0.0971. The molecular formula is C17H13Cl2N3O. The van der Waals surface area contributed by atoms with E-state index in [0.717, 1.165) is 10.9 Å². The smallest absolute Gasteiger partial charge is 0.243 e. The van der Waals surface area contributed by atoms with Gasteiger partial charge in [-0.25, -0.2) is 0 Å². The molecule has 2 aromatic carbocycles. The first-order valence-corrected chi connectivity index (χ1v) is 7.71. The van der Waals surface area contributed by atoms with E-state index in [0.29, 0.717) is 21.4 Å². The highest BCUT2D eigenvalue weighted by Gasteiger charge is 2.07. The van der Waals surface area contributed by atoms with Crippen LogP contribution in [0.4, 0.5) is 11.4 Å². The van der Waals surface area contributed by atoms with Crippen LogP contribution in [0, 0.1) is 0 Å². The summed E-state index contributed by atoms with van der Waals surface area (Å²) in [6.07, 6.45) is 1.70. The summed E-state index contributed by atoms with van der Waals surface area (Å²) in [5, 5.41) is 7.84. The molecule has 0 atom stereocenters. The highest BCUT2D eigenvalue weighted by Crippen LogP contribution is 2.23. The second-order valence-electron chi connectivity index (χ2n) is 4.94. The molecular weight excluding hydrogens is 333 g/mol. The number of halogens is 2. The van der Waals surface area contributed by atoms with Gasteiger partial charge in [0.1, 0.15) is 0 Å². The topological polar surface area (TPSA) is 54.0 Å². The second-order valence-corrected chi connectivity index (χ2v) is 5.81. The summed E-state index contributed by atoms with van der Waals surface area (Å²) >= 11 is 11.9. The number of aromatic nitrogens is 1. The molecule has 0 aliphatic carbocycles. The minimum Gasteiger partial charge on any atom is -0.376 e. The van der Waals surface area contributed by atoms with Crippen molar-refractivity contribution in [2.24, 2.45) is 0 Å². The largest absolute Gasteiger partial charge is 0.376 e. The third-order valence-corrected chi connectivity index (χ3v) is 3.66. The number of hydrogen-bond donors (Lipinski definition) is 2. The fraction of sp³-hybridized carbons (Fsp3) is 0.0588. The van der Waals surface area contributed by atoms with Crippen LogP contribution in [0.1, 0.15) is 0 Å². The van der Waals surface area contributed by atoms with E-state index in [-0.39, 0.29) is 12.5 Å². The molecule has 2 N–H and O–H groups in total. The van der Waals surface area contributed by atoms with Crippen molar-refractivity contribution in [1.29, 1.82) is 0 Å². The van der Waals surface area contributed by atoms with E-state index in [2.05, 4.69) is 15.6 Å². The Labute approximate surface area is 143 Å². The van der Waals surface area contributed by atoms with Crippen LogP contribution >= 0.6 is 23.2 Å². The van der Waals surface area contributed by atoms with Crippen LogP contribution in [0.25, 0.3) is 10.9 Å². The summed E-state index contributed by atoms with van der Waals surface area (Å²) in [4.78, 5) is 16.4. The molecule has 0 radical (unpaired) electrons. The lowest BCUT2D eigenvalue weighted by atomic mass is 10.2. The van der Waals surface area contributed by atoms with Gasteiger partial charge in [0.2, 0.25) is 5.91 Å². The fourth-order valence-corrected chi connectivity index (χ4v) is 2.76. The Kier molecular flexibility index (Phi) is 4.65. The zero-order chi connectivity index (χ0) is 16.2. The molecule has 0 fully saturated rings. The summed E-state index contributed by atoms with van der Waals surface area (Å²) < 4.78 is 0. The van der Waals surface area contributed by atoms with Gasteiger partial charge >= 0.3 is 0 Å². The first kappa shape index (κ1) is 15.6. The van der Waals surface area contributed by atoms with Crippen LogP contribution in [-0.4, -0.2) is 17.4 Å².